The first-order valence-electron chi connectivity index (χ1n) is 10.9. The molecule has 182 valence electrons. The SMILES string of the molecule is CCCCNC.CNC(=O)CNC(=O)c1csc(C2CCCN2C(=O)C(C)C)n1.N=CN. The average molecular weight is 470 g/mol. The molecule has 1 aliphatic heterocycles. The van der Waals surface area contributed by atoms with Crippen molar-refractivity contribution < 1.29 is 14.4 Å². The molecule has 11 heteroatoms. The molecule has 1 fully saturated rings. The summed E-state index contributed by atoms with van der Waals surface area (Å²) >= 11 is 1.38. The van der Waals surface area contributed by atoms with Gasteiger partial charge in [0.05, 0.1) is 18.9 Å². The van der Waals surface area contributed by atoms with Crippen LogP contribution in [-0.2, 0) is 9.59 Å². The van der Waals surface area contributed by atoms with Gasteiger partial charge in [0.25, 0.3) is 5.91 Å². The fourth-order valence-electron chi connectivity index (χ4n) is 2.86. The van der Waals surface area contributed by atoms with Gasteiger partial charge in [0.1, 0.15) is 10.7 Å². The second-order valence-corrected chi connectivity index (χ2v) is 8.28. The molecule has 1 aromatic rings. The summed E-state index contributed by atoms with van der Waals surface area (Å²) in [6, 6.07) is -0.0459. The van der Waals surface area contributed by atoms with E-state index in [4.69, 9.17) is 5.41 Å². The van der Waals surface area contributed by atoms with Crippen LogP contribution >= 0.6 is 11.3 Å². The van der Waals surface area contributed by atoms with Gasteiger partial charge in [-0.1, -0.05) is 27.2 Å². The molecule has 0 saturated carbocycles. The van der Waals surface area contributed by atoms with Crippen molar-refractivity contribution >= 4 is 35.4 Å². The molecule has 1 atom stereocenters. The van der Waals surface area contributed by atoms with Crippen molar-refractivity contribution in [2.75, 3.05) is 33.7 Å². The van der Waals surface area contributed by atoms with Crippen molar-refractivity contribution in [1.29, 1.82) is 5.41 Å². The van der Waals surface area contributed by atoms with Gasteiger partial charge in [0.15, 0.2) is 0 Å². The van der Waals surface area contributed by atoms with Crippen LogP contribution in [0.25, 0.3) is 0 Å². The van der Waals surface area contributed by atoms with E-state index in [2.05, 4.69) is 33.6 Å². The Hall–Kier alpha value is -2.53. The van der Waals surface area contributed by atoms with Gasteiger partial charge >= 0.3 is 0 Å². The number of thiazole rings is 1. The van der Waals surface area contributed by atoms with E-state index in [0.29, 0.717) is 0 Å². The van der Waals surface area contributed by atoms with Crippen molar-refractivity contribution in [2.24, 2.45) is 11.7 Å². The number of carbonyl (C=O) groups is 3. The average Bonchev–Trinajstić information content (AvgIpc) is 3.45. The van der Waals surface area contributed by atoms with E-state index in [0.717, 1.165) is 37.3 Å². The molecule has 1 aliphatic rings. The normalized spacial score (nSPS) is 14.6. The number of hydrogen-bond acceptors (Lipinski definition) is 7. The summed E-state index contributed by atoms with van der Waals surface area (Å²) in [6.07, 6.45) is 5.16. The fraction of sp³-hybridized carbons (Fsp3) is 0.667. The van der Waals surface area contributed by atoms with E-state index in [-0.39, 0.29) is 41.9 Å². The second kappa shape index (κ2) is 17.1. The quantitative estimate of drug-likeness (QED) is 0.221. The summed E-state index contributed by atoms with van der Waals surface area (Å²) in [4.78, 5) is 41.6. The number of carbonyl (C=O) groups excluding carboxylic acids is 3. The maximum atomic E-state index is 12.3. The number of amides is 3. The molecular weight excluding hydrogens is 430 g/mol. The number of hydrogen-bond donors (Lipinski definition) is 5. The molecule has 3 amide bonds. The van der Waals surface area contributed by atoms with Crippen LogP contribution in [0.3, 0.4) is 0 Å². The van der Waals surface area contributed by atoms with Crippen molar-refractivity contribution in [3.05, 3.63) is 16.1 Å². The maximum Gasteiger partial charge on any atom is 0.271 e. The summed E-state index contributed by atoms with van der Waals surface area (Å²) in [5, 5.41) is 16.3. The van der Waals surface area contributed by atoms with Crippen molar-refractivity contribution in [2.45, 2.75) is 52.5 Å². The zero-order chi connectivity index (χ0) is 24.5. The molecule has 0 aliphatic carbocycles. The molecule has 1 aromatic heterocycles. The van der Waals surface area contributed by atoms with Crippen LogP contribution in [0.15, 0.2) is 5.38 Å². The predicted octanol–water partition coefficient (Wildman–Crippen LogP) is 1.50. The minimum atomic E-state index is -0.379. The van der Waals surface area contributed by atoms with E-state index in [1.54, 1.807) is 5.38 Å². The molecular formula is C21H39N7O3S. The van der Waals surface area contributed by atoms with Gasteiger partial charge in [-0.3, -0.25) is 19.8 Å². The van der Waals surface area contributed by atoms with Crippen LogP contribution in [0, 0.1) is 11.3 Å². The lowest BCUT2D eigenvalue weighted by atomic mass is 10.1. The zero-order valence-electron chi connectivity index (χ0n) is 19.9. The summed E-state index contributed by atoms with van der Waals surface area (Å²) < 4.78 is 0. The number of rotatable bonds is 8. The first-order valence-corrected chi connectivity index (χ1v) is 11.7. The highest BCUT2D eigenvalue weighted by molar-refractivity contribution is 7.09. The first-order chi connectivity index (χ1) is 15.3. The Bertz CT molecular complexity index is 705. The van der Waals surface area contributed by atoms with E-state index in [1.807, 2.05) is 25.8 Å². The Morgan fingerprint density at radius 3 is 2.53 bits per heavy atom. The lowest BCUT2D eigenvalue weighted by molar-refractivity contribution is -0.135. The molecule has 0 spiro atoms. The number of likely N-dealkylation sites (N-methyl/N-ethyl adjacent to an activating group) is 1. The highest BCUT2D eigenvalue weighted by Gasteiger charge is 2.33. The van der Waals surface area contributed by atoms with Gasteiger partial charge in [0.2, 0.25) is 11.8 Å². The van der Waals surface area contributed by atoms with Crippen LogP contribution < -0.4 is 21.7 Å². The standard InChI is InChI=1S/C15H22N4O3S.C5H13N.CH4N2/c1-9(2)15(22)19-6-4-5-11(19)14-18-10(8-23-14)13(21)17-7-12(20)16-3;1-3-4-5-6-2;2-1-3/h8-9,11H,4-7H2,1-3H3,(H,16,20)(H,17,21);6H,3-5H2,1-2H3;1H,(H3,2,3). The maximum absolute atomic E-state index is 12.3. The zero-order valence-corrected chi connectivity index (χ0v) is 20.7. The summed E-state index contributed by atoms with van der Waals surface area (Å²) in [5.74, 6) is -0.576. The smallest absolute Gasteiger partial charge is 0.271 e. The number of likely N-dealkylation sites (tertiary alicyclic amines) is 1. The predicted molar refractivity (Wildman–Crippen MR) is 129 cm³/mol. The monoisotopic (exact) mass is 469 g/mol. The summed E-state index contributed by atoms with van der Waals surface area (Å²) in [6.45, 7) is 7.78. The Morgan fingerprint density at radius 1 is 1.38 bits per heavy atom. The van der Waals surface area contributed by atoms with Crippen molar-refractivity contribution in [3.63, 3.8) is 0 Å². The Kier molecular flexibility index (Phi) is 15.7. The molecule has 1 unspecified atom stereocenters. The molecule has 0 aromatic carbocycles. The Balaban J connectivity index is 0.000000908. The number of nitrogens with one attached hydrogen (secondary N) is 4. The van der Waals surface area contributed by atoms with Crippen LogP contribution in [0.5, 0.6) is 0 Å². The molecule has 0 bridgehead atoms. The Morgan fingerprint density at radius 2 is 2.03 bits per heavy atom. The summed E-state index contributed by atoms with van der Waals surface area (Å²) in [5.41, 5.74) is 4.68. The third kappa shape index (κ3) is 10.7. The molecule has 6 N–H and O–H groups in total. The fourth-order valence-corrected chi connectivity index (χ4v) is 3.80. The number of nitrogens with zero attached hydrogens (tertiary/aromatic N) is 2. The Labute approximate surface area is 195 Å². The molecule has 1 saturated heterocycles. The highest BCUT2D eigenvalue weighted by Crippen LogP contribution is 2.34. The second-order valence-electron chi connectivity index (χ2n) is 7.39. The van der Waals surface area contributed by atoms with Crippen LogP contribution in [0.4, 0.5) is 0 Å². The number of unbranched alkanes of at least 4 members (excludes halogenated alkanes) is 1. The third-order valence-electron chi connectivity index (χ3n) is 4.54. The largest absolute Gasteiger partial charge is 0.390 e. The van der Waals surface area contributed by atoms with Gasteiger partial charge in [-0.2, -0.15) is 0 Å². The first kappa shape index (κ1) is 29.5. The van der Waals surface area contributed by atoms with E-state index >= 15 is 0 Å². The molecule has 0 radical (unpaired) electrons. The topological polar surface area (TPSA) is 153 Å². The third-order valence-corrected chi connectivity index (χ3v) is 5.48. The molecule has 32 heavy (non-hydrogen) atoms. The lowest BCUT2D eigenvalue weighted by Gasteiger charge is -2.24. The summed E-state index contributed by atoms with van der Waals surface area (Å²) in [7, 11) is 3.49. The molecule has 2 rings (SSSR count). The number of aromatic nitrogens is 1. The van der Waals surface area contributed by atoms with Gasteiger partial charge in [-0.25, -0.2) is 4.98 Å². The van der Waals surface area contributed by atoms with Gasteiger partial charge in [-0.15, -0.1) is 11.3 Å². The number of nitrogens with two attached hydrogens (primary N) is 1. The van der Waals surface area contributed by atoms with E-state index < -0.39 is 0 Å². The van der Waals surface area contributed by atoms with Gasteiger partial charge in [0, 0.05) is 24.9 Å². The highest BCUT2D eigenvalue weighted by atomic mass is 32.1. The lowest BCUT2D eigenvalue weighted by Crippen LogP contribution is -2.35. The van der Waals surface area contributed by atoms with E-state index in [1.165, 1.54) is 31.2 Å². The minimum Gasteiger partial charge on any atom is -0.390 e. The van der Waals surface area contributed by atoms with E-state index in [9.17, 15) is 14.4 Å². The minimum absolute atomic E-state index is 0.0459. The van der Waals surface area contributed by atoms with Gasteiger partial charge in [-0.05, 0) is 32.9 Å². The van der Waals surface area contributed by atoms with Crippen molar-refractivity contribution in [1.82, 2.24) is 25.8 Å². The van der Waals surface area contributed by atoms with Gasteiger partial charge < -0.3 is 26.6 Å². The molecule has 10 nitrogen and oxygen atoms in total. The van der Waals surface area contributed by atoms with Crippen LogP contribution in [-0.4, -0.2) is 67.7 Å². The van der Waals surface area contributed by atoms with Crippen molar-refractivity contribution in [3.8, 4) is 0 Å². The molecule has 2 heterocycles. The van der Waals surface area contributed by atoms with Crippen LogP contribution in [0.2, 0.25) is 0 Å². The van der Waals surface area contributed by atoms with Crippen LogP contribution in [0.1, 0.15) is 68.0 Å².